The van der Waals surface area contributed by atoms with E-state index in [1.165, 1.54) is 31.0 Å². The third kappa shape index (κ3) is 2.67. The van der Waals surface area contributed by atoms with Crippen LogP contribution in [0, 0.1) is 13.8 Å². The molecule has 0 aliphatic carbocycles. The van der Waals surface area contributed by atoms with E-state index in [2.05, 4.69) is 24.7 Å². The molecule has 106 valence electrons. The highest BCUT2D eigenvalue weighted by Gasteiger charge is 2.18. The molecule has 3 heterocycles. The molecule has 0 unspecified atom stereocenters. The molecule has 0 radical (unpaired) electrons. The Morgan fingerprint density at radius 2 is 1.85 bits per heavy atom. The van der Waals surface area contributed by atoms with E-state index in [0.717, 1.165) is 35.3 Å². The number of aryl methyl sites for hydroxylation is 3. The molecule has 0 atom stereocenters. The van der Waals surface area contributed by atoms with Gasteiger partial charge in [0.1, 0.15) is 10.9 Å². The monoisotopic (exact) mass is 309 g/mol. The zero-order valence-electron chi connectivity index (χ0n) is 11.6. The van der Waals surface area contributed by atoms with Crippen molar-refractivity contribution >= 4 is 23.4 Å². The molecule has 1 aliphatic heterocycles. The van der Waals surface area contributed by atoms with Gasteiger partial charge in [-0.25, -0.2) is 9.97 Å². The highest BCUT2D eigenvalue weighted by Crippen LogP contribution is 2.31. The molecule has 0 spiro atoms. The first-order chi connectivity index (χ1) is 9.65. The minimum atomic E-state index is 0.434. The van der Waals surface area contributed by atoms with Gasteiger partial charge in [-0.15, -0.1) is 10.2 Å². The Balaban J connectivity index is 1.92. The van der Waals surface area contributed by atoms with Gasteiger partial charge in [0.15, 0.2) is 10.3 Å². The summed E-state index contributed by atoms with van der Waals surface area (Å²) in [4.78, 5) is 8.82. The normalized spacial score (nSPS) is 14.9. The van der Waals surface area contributed by atoms with Gasteiger partial charge in [-0.2, -0.15) is 0 Å². The van der Waals surface area contributed by atoms with Crippen molar-refractivity contribution < 1.29 is 0 Å². The third-order valence-electron chi connectivity index (χ3n) is 3.50. The zero-order valence-corrected chi connectivity index (χ0v) is 13.1. The summed E-state index contributed by atoms with van der Waals surface area (Å²) in [6.45, 7) is 4.82. The summed E-state index contributed by atoms with van der Waals surface area (Å²) < 4.78 is 2.19. The summed E-state index contributed by atoms with van der Waals surface area (Å²) in [5.74, 6) is 1.07. The van der Waals surface area contributed by atoms with Crippen LogP contribution in [0.25, 0.3) is 0 Å². The Hall–Kier alpha value is -1.14. The molecule has 0 N–H and O–H groups in total. The van der Waals surface area contributed by atoms with E-state index in [1.807, 2.05) is 13.8 Å². The first kappa shape index (κ1) is 13.8. The molecule has 0 saturated carbocycles. The van der Waals surface area contributed by atoms with Crippen LogP contribution in [0.15, 0.2) is 10.2 Å². The first-order valence-corrected chi connectivity index (χ1v) is 7.95. The van der Waals surface area contributed by atoms with Gasteiger partial charge >= 0.3 is 0 Å². The fraction of sp³-hybridized carbons (Fsp3) is 0.538. The predicted octanol–water partition coefficient (Wildman–Crippen LogP) is 3.22. The SMILES string of the molecule is Cc1nc(Cl)c(Sc2nnc3n2CCCCC3)nc1C. The second-order valence-electron chi connectivity index (χ2n) is 4.95. The topological polar surface area (TPSA) is 56.5 Å². The lowest BCUT2D eigenvalue weighted by Gasteiger charge is -2.08. The van der Waals surface area contributed by atoms with Crippen molar-refractivity contribution in [1.82, 2.24) is 24.7 Å². The lowest BCUT2D eigenvalue weighted by Crippen LogP contribution is -2.03. The lowest BCUT2D eigenvalue weighted by molar-refractivity contribution is 0.590. The van der Waals surface area contributed by atoms with Gasteiger partial charge in [0, 0.05) is 13.0 Å². The van der Waals surface area contributed by atoms with Crippen LogP contribution >= 0.6 is 23.4 Å². The fourth-order valence-corrected chi connectivity index (χ4v) is 3.40. The van der Waals surface area contributed by atoms with Crippen molar-refractivity contribution in [2.24, 2.45) is 0 Å². The summed E-state index contributed by atoms with van der Waals surface area (Å²) in [6, 6.07) is 0. The summed E-state index contributed by atoms with van der Waals surface area (Å²) >= 11 is 7.63. The van der Waals surface area contributed by atoms with Crippen LogP contribution in [0.3, 0.4) is 0 Å². The summed E-state index contributed by atoms with van der Waals surface area (Å²) in [6.07, 6.45) is 4.61. The minimum Gasteiger partial charge on any atom is -0.306 e. The predicted molar refractivity (Wildman–Crippen MR) is 78.2 cm³/mol. The first-order valence-electron chi connectivity index (χ1n) is 6.76. The van der Waals surface area contributed by atoms with Gasteiger partial charge in [0.2, 0.25) is 0 Å². The maximum absolute atomic E-state index is 6.18. The molecule has 5 nitrogen and oxygen atoms in total. The fourth-order valence-electron chi connectivity index (χ4n) is 2.24. The van der Waals surface area contributed by atoms with E-state index < -0.39 is 0 Å². The van der Waals surface area contributed by atoms with Crippen molar-refractivity contribution in [3.63, 3.8) is 0 Å². The molecular weight excluding hydrogens is 294 g/mol. The van der Waals surface area contributed by atoms with Crippen LogP contribution in [-0.4, -0.2) is 24.7 Å². The standard InChI is InChI=1S/C13H16ClN5S/c1-8-9(2)16-12(11(14)15-8)20-13-18-17-10-6-4-3-5-7-19(10)13/h3-7H2,1-2H3. The average Bonchev–Trinajstić information content (AvgIpc) is 2.65. The Kier molecular flexibility index (Phi) is 3.94. The van der Waals surface area contributed by atoms with Gasteiger partial charge in [0.25, 0.3) is 0 Å². The number of fused-ring (bicyclic) bond motifs is 1. The number of hydrogen-bond acceptors (Lipinski definition) is 5. The van der Waals surface area contributed by atoms with Crippen LogP contribution in [0.1, 0.15) is 36.5 Å². The van der Waals surface area contributed by atoms with Crippen LogP contribution in [-0.2, 0) is 13.0 Å². The van der Waals surface area contributed by atoms with Gasteiger partial charge in [-0.05, 0) is 38.5 Å². The number of aromatic nitrogens is 5. The molecule has 0 amide bonds. The Labute approximate surface area is 127 Å². The quantitative estimate of drug-likeness (QED) is 0.852. The van der Waals surface area contributed by atoms with Crippen molar-refractivity contribution in [3.8, 4) is 0 Å². The van der Waals surface area contributed by atoms with Crippen LogP contribution in [0.5, 0.6) is 0 Å². The minimum absolute atomic E-state index is 0.434. The summed E-state index contributed by atoms with van der Waals surface area (Å²) in [5, 5.41) is 10.6. The Bertz CT molecular complexity index is 640. The largest absolute Gasteiger partial charge is 0.306 e. The number of halogens is 1. The molecule has 7 heteroatoms. The summed E-state index contributed by atoms with van der Waals surface area (Å²) in [7, 11) is 0. The van der Waals surface area contributed by atoms with E-state index in [9.17, 15) is 0 Å². The molecule has 0 fully saturated rings. The van der Waals surface area contributed by atoms with Crippen molar-refractivity contribution in [2.75, 3.05) is 0 Å². The van der Waals surface area contributed by atoms with Crippen molar-refractivity contribution in [1.29, 1.82) is 0 Å². The number of nitrogens with zero attached hydrogens (tertiary/aromatic N) is 5. The molecular formula is C13H16ClN5S. The second kappa shape index (κ2) is 5.69. The Morgan fingerprint density at radius 1 is 1.05 bits per heavy atom. The molecule has 0 aromatic carbocycles. The molecule has 20 heavy (non-hydrogen) atoms. The van der Waals surface area contributed by atoms with E-state index in [-0.39, 0.29) is 0 Å². The number of rotatable bonds is 2. The smallest absolute Gasteiger partial charge is 0.197 e. The molecule has 2 aromatic rings. The lowest BCUT2D eigenvalue weighted by atomic mass is 10.2. The maximum atomic E-state index is 6.18. The third-order valence-corrected chi connectivity index (χ3v) is 4.84. The highest BCUT2D eigenvalue weighted by atomic mass is 35.5. The van der Waals surface area contributed by atoms with Gasteiger partial charge in [0.05, 0.1) is 11.4 Å². The number of hydrogen-bond donors (Lipinski definition) is 0. The van der Waals surface area contributed by atoms with Crippen LogP contribution in [0.4, 0.5) is 0 Å². The molecule has 3 rings (SSSR count). The maximum Gasteiger partial charge on any atom is 0.197 e. The van der Waals surface area contributed by atoms with Gasteiger partial charge in [-0.3, -0.25) is 0 Å². The van der Waals surface area contributed by atoms with Crippen molar-refractivity contribution in [2.45, 2.75) is 56.3 Å². The molecule has 2 aromatic heterocycles. The molecule has 0 saturated heterocycles. The van der Waals surface area contributed by atoms with E-state index in [1.54, 1.807) is 0 Å². The average molecular weight is 310 g/mol. The Morgan fingerprint density at radius 3 is 2.70 bits per heavy atom. The summed E-state index contributed by atoms with van der Waals surface area (Å²) in [5.41, 5.74) is 1.76. The van der Waals surface area contributed by atoms with E-state index >= 15 is 0 Å². The van der Waals surface area contributed by atoms with E-state index in [0.29, 0.717) is 10.2 Å². The molecule has 0 bridgehead atoms. The van der Waals surface area contributed by atoms with Crippen LogP contribution < -0.4 is 0 Å². The second-order valence-corrected chi connectivity index (χ2v) is 6.27. The van der Waals surface area contributed by atoms with Crippen molar-refractivity contribution in [3.05, 3.63) is 22.4 Å². The van der Waals surface area contributed by atoms with Gasteiger partial charge < -0.3 is 4.57 Å². The molecule has 1 aliphatic rings. The zero-order chi connectivity index (χ0) is 14.1. The van der Waals surface area contributed by atoms with E-state index in [4.69, 9.17) is 11.6 Å². The van der Waals surface area contributed by atoms with Gasteiger partial charge in [-0.1, -0.05) is 18.0 Å². The highest BCUT2D eigenvalue weighted by molar-refractivity contribution is 7.99. The van der Waals surface area contributed by atoms with Crippen LogP contribution in [0.2, 0.25) is 5.15 Å².